The van der Waals surface area contributed by atoms with Crippen molar-refractivity contribution in [3.05, 3.63) is 58.3 Å². The molecule has 1 fully saturated rings. The number of rotatable bonds is 5. The van der Waals surface area contributed by atoms with Crippen molar-refractivity contribution in [3.8, 4) is 0 Å². The normalized spacial score (nSPS) is 19.5. The number of carbonyl (C=O) groups is 1. The average Bonchev–Trinajstić information content (AvgIpc) is 3.17. The maximum atomic E-state index is 11.9. The van der Waals surface area contributed by atoms with Crippen LogP contribution in [0.3, 0.4) is 0 Å². The molecule has 1 aromatic carbocycles. The van der Waals surface area contributed by atoms with Gasteiger partial charge in [0.05, 0.1) is 11.0 Å². The number of thiophene rings is 1. The molecular formula is C16H20ClFN2O2S. The molecule has 7 heteroatoms. The molecule has 126 valence electrons. The van der Waals surface area contributed by atoms with Crippen molar-refractivity contribution >= 4 is 29.7 Å². The van der Waals surface area contributed by atoms with Gasteiger partial charge in [0.15, 0.2) is 0 Å². The van der Waals surface area contributed by atoms with Crippen molar-refractivity contribution in [2.24, 2.45) is 0 Å². The van der Waals surface area contributed by atoms with Crippen LogP contribution in [-0.2, 0) is 11.3 Å². The minimum Gasteiger partial charge on any atom is -0.349 e. The molecule has 1 amide bonds. The highest BCUT2D eigenvalue weighted by atomic mass is 35.5. The minimum atomic E-state index is -0.0277. The van der Waals surface area contributed by atoms with Gasteiger partial charge < -0.3 is 5.32 Å². The Morgan fingerprint density at radius 1 is 1.26 bits per heavy atom. The molecule has 1 saturated heterocycles. The van der Waals surface area contributed by atoms with Gasteiger partial charge in [-0.1, -0.05) is 36.4 Å². The standard InChI is InChI=1S/C16H18N2O2S.ClH.FH/c19-16(15-7-4-8-21-15)17-11-14-10-13(18-20-14)9-12-5-2-1-3-6-12;;/h1-8,13-14,18H,9-11H2,(H,17,19);2*1H. The van der Waals surface area contributed by atoms with Crippen LogP contribution in [0.1, 0.15) is 21.7 Å². The second-order valence-electron chi connectivity index (χ2n) is 5.17. The molecule has 3 rings (SSSR count). The van der Waals surface area contributed by atoms with Crippen LogP contribution in [0.25, 0.3) is 0 Å². The summed E-state index contributed by atoms with van der Waals surface area (Å²) in [5.74, 6) is -0.0277. The van der Waals surface area contributed by atoms with Crippen LogP contribution in [0.2, 0.25) is 0 Å². The smallest absolute Gasteiger partial charge is 0.261 e. The maximum absolute atomic E-state index is 11.9. The Balaban J connectivity index is 0.00000132. The monoisotopic (exact) mass is 358 g/mol. The zero-order chi connectivity index (χ0) is 14.5. The van der Waals surface area contributed by atoms with Gasteiger partial charge in [0, 0.05) is 12.6 Å². The highest BCUT2D eigenvalue weighted by Gasteiger charge is 2.25. The molecule has 2 aromatic rings. The van der Waals surface area contributed by atoms with Crippen molar-refractivity contribution in [2.45, 2.75) is 25.0 Å². The SMILES string of the molecule is Cl.F.O=C(NCC1CC(Cc2ccccc2)NO1)c1cccs1. The van der Waals surface area contributed by atoms with Crippen LogP contribution in [0, 0.1) is 0 Å². The van der Waals surface area contributed by atoms with Gasteiger partial charge in [0.1, 0.15) is 0 Å². The molecule has 1 aliphatic heterocycles. The molecular weight excluding hydrogens is 339 g/mol. The van der Waals surface area contributed by atoms with Crippen molar-refractivity contribution < 1.29 is 14.3 Å². The fourth-order valence-electron chi connectivity index (χ4n) is 2.46. The van der Waals surface area contributed by atoms with Crippen LogP contribution >= 0.6 is 23.7 Å². The lowest BCUT2D eigenvalue weighted by atomic mass is 10.0. The van der Waals surface area contributed by atoms with E-state index in [4.69, 9.17) is 4.84 Å². The molecule has 0 saturated carbocycles. The minimum absolute atomic E-state index is 0. The van der Waals surface area contributed by atoms with E-state index in [9.17, 15) is 4.79 Å². The summed E-state index contributed by atoms with van der Waals surface area (Å²) in [6.45, 7) is 0.537. The molecule has 0 spiro atoms. The summed E-state index contributed by atoms with van der Waals surface area (Å²) in [5.41, 5.74) is 4.36. The summed E-state index contributed by atoms with van der Waals surface area (Å²) in [5, 5.41) is 4.82. The van der Waals surface area contributed by atoms with Crippen LogP contribution in [0.5, 0.6) is 0 Å². The molecule has 1 aliphatic rings. The third-order valence-electron chi connectivity index (χ3n) is 3.51. The van der Waals surface area contributed by atoms with Crippen LogP contribution in [0.15, 0.2) is 47.8 Å². The van der Waals surface area contributed by atoms with Crippen molar-refractivity contribution in [3.63, 3.8) is 0 Å². The van der Waals surface area contributed by atoms with E-state index in [0.29, 0.717) is 12.6 Å². The first kappa shape index (κ1) is 19.6. The molecule has 0 bridgehead atoms. The van der Waals surface area contributed by atoms with Gasteiger partial charge in [-0.3, -0.25) is 14.3 Å². The highest BCUT2D eigenvalue weighted by molar-refractivity contribution is 7.12. The van der Waals surface area contributed by atoms with Gasteiger partial charge in [-0.05, 0) is 29.9 Å². The third-order valence-corrected chi connectivity index (χ3v) is 4.38. The summed E-state index contributed by atoms with van der Waals surface area (Å²) >= 11 is 1.45. The fraction of sp³-hybridized carbons (Fsp3) is 0.312. The lowest BCUT2D eigenvalue weighted by molar-refractivity contribution is 0.0267. The van der Waals surface area contributed by atoms with Gasteiger partial charge in [-0.15, -0.1) is 23.7 Å². The number of hydrogen-bond donors (Lipinski definition) is 2. The average molecular weight is 359 g/mol. The quantitative estimate of drug-likeness (QED) is 0.864. The second kappa shape index (κ2) is 9.62. The van der Waals surface area contributed by atoms with Crippen molar-refractivity contribution in [1.82, 2.24) is 10.8 Å². The molecule has 2 atom stereocenters. The summed E-state index contributed by atoms with van der Waals surface area (Å²) in [4.78, 5) is 18.1. The zero-order valence-electron chi connectivity index (χ0n) is 12.4. The number of benzene rings is 1. The number of hydroxylamine groups is 1. The van der Waals surface area contributed by atoms with E-state index >= 15 is 0 Å². The molecule has 2 N–H and O–H groups in total. The first-order valence-electron chi connectivity index (χ1n) is 7.08. The van der Waals surface area contributed by atoms with E-state index in [2.05, 4.69) is 22.9 Å². The lowest BCUT2D eigenvalue weighted by Crippen LogP contribution is -2.31. The van der Waals surface area contributed by atoms with E-state index in [1.807, 2.05) is 35.7 Å². The molecule has 4 nitrogen and oxygen atoms in total. The number of halogens is 2. The third kappa shape index (κ3) is 5.58. The second-order valence-corrected chi connectivity index (χ2v) is 6.12. The Morgan fingerprint density at radius 2 is 2.04 bits per heavy atom. The van der Waals surface area contributed by atoms with E-state index in [-0.39, 0.29) is 29.1 Å². The molecule has 0 radical (unpaired) electrons. The Hall–Kier alpha value is -1.47. The fourth-order valence-corrected chi connectivity index (χ4v) is 3.10. The van der Waals surface area contributed by atoms with E-state index in [0.717, 1.165) is 17.7 Å². The molecule has 0 aliphatic carbocycles. The summed E-state index contributed by atoms with van der Waals surface area (Å²) in [6, 6.07) is 14.4. The lowest BCUT2D eigenvalue weighted by Gasteiger charge is -2.09. The Labute approximate surface area is 145 Å². The molecule has 2 unspecified atom stereocenters. The van der Waals surface area contributed by atoms with Crippen LogP contribution in [0.4, 0.5) is 4.70 Å². The number of nitrogens with one attached hydrogen (secondary N) is 2. The number of hydrogen-bond acceptors (Lipinski definition) is 4. The van der Waals surface area contributed by atoms with Gasteiger partial charge >= 0.3 is 0 Å². The van der Waals surface area contributed by atoms with Gasteiger partial charge in [-0.2, -0.15) is 5.48 Å². The van der Waals surface area contributed by atoms with Crippen molar-refractivity contribution in [1.29, 1.82) is 0 Å². The molecule has 1 aromatic heterocycles. The Bertz CT molecular complexity index is 583. The van der Waals surface area contributed by atoms with Crippen LogP contribution in [-0.4, -0.2) is 24.6 Å². The topological polar surface area (TPSA) is 50.4 Å². The van der Waals surface area contributed by atoms with E-state index in [1.165, 1.54) is 16.9 Å². The molecule has 2 heterocycles. The van der Waals surface area contributed by atoms with Crippen molar-refractivity contribution in [2.75, 3.05) is 6.54 Å². The van der Waals surface area contributed by atoms with Gasteiger partial charge in [0.2, 0.25) is 0 Å². The summed E-state index contributed by atoms with van der Waals surface area (Å²) in [6.07, 6.45) is 1.87. The van der Waals surface area contributed by atoms with E-state index in [1.54, 1.807) is 0 Å². The first-order chi connectivity index (χ1) is 10.3. The predicted octanol–water partition coefficient (Wildman–Crippen LogP) is 2.96. The number of amides is 1. The van der Waals surface area contributed by atoms with E-state index < -0.39 is 0 Å². The Morgan fingerprint density at radius 3 is 2.74 bits per heavy atom. The van der Waals surface area contributed by atoms with Gasteiger partial charge in [-0.25, -0.2) is 0 Å². The Kier molecular flexibility index (Phi) is 8.19. The van der Waals surface area contributed by atoms with Crippen LogP contribution < -0.4 is 10.8 Å². The molecule has 23 heavy (non-hydrogen) atoms. The zero-order valence-corrected chi connectivity index (χ0v) is 14.1. The van der Waals surface area contributed by atoms with Gasteiger partial charge in [0.25, 0.3) is 5.91 Å². The number of carbonyl (C=O) groups excluding carboxylic acids is 1. The summed E-state index contributed by atoms with van der Waals surface area (Å²) in [7, 11) is 0. The highest BCUT2D eigenvalue weighted by Crippen LogP contribution is 2.15. The summed E-state index contributed by atoms with van der Waals surface area (Å²) < 4.78 is 0. The largest absolute Gasteiger partial charge is 0.349 e. The predicted molar refractivity (Wildman–Crippen MR) is 93.0 cm³/mol. The maximum Gasteiger partial charge on any atom is 0.261 e. The first-order valence-corrected chi connectivity index (χ1v) is 7.96.